The van der Waals surface area contributed by atoms with E-state index in [1.165, 1.54) is 40.5 Å². The van der Waals surface area contributed by atoms with Gasteiger partial charge in [0.15, 0.2) is 11.5 Å². The summed E-state index contributed by atoms with van der Waals surface area (Å²) in [4.78, 5) is 39.1. The topological polar surface area (TPSA) is 204 Å². The predicted molar refractivity (Wildman–Crippen MR) is 160 cm³/mol. The molecule has 268 valence electrons. The largest absolute Gasteiger partial charge is 0.483 e. The van der Waals surface area contributed by atoms with Gasteiger partial charge in [-0.05, 0) is 24.3 Å². The number of β-amino-alcohol motifs (C(OH)–C–C–N with tert-alkyl or cyclic N) is 1. The number of hydrogen-bond acceptors (Lipinski definition) is 9. The number of carbonyl (C=O) groups excluding carboxylic acids is 2. The molecule has 5 rings (SSSR count). The Hall–Kier alpha value is -4.67. The van der Waals surface area contributed by atoms with Crippen molar-refractivity contribution in [3.8, 4) is 11.3 Å². The van der Waals surface area contributed by atoms with E-state index in [2.05, 4.69) is 26.0 Å². The van der Waals surface area contributed by atoms with Crippen molar-refractivity contribution in [2.75, 3.05) is 44.6 Å². The lowest BCUT2D eigenvalue weighted by atomic mass is 10.2. The van der Waals surface area contributed by atoms with Crippen LogP contribution in [0.4, 0.5) is 32.4 Å². The zero-order valence-electron chi connectivity index (χ0n) is 25.6. The minimum atomic E-state index is -4.96. The first-order chi connectivity index (χ1) is 23.1. The van der Waals surface area contributed by atoms with E-state index in [4.69, 9.17) is 9.90 Å². The number of aliphatic hydroxyl groups excluding tert-OH is 1. The Morgan fingerprint density at radius 1 is 1.12 bits per heavy atom. The smallest absolute Gasteiger partial charge is 0.435 e. The Morgan fingerprint density at radius 3 is 2.31 bits per heavy atom. The summed E-state index contributed by atoms with van der Waals surface area (Å²) in [5.74, 6) is -1.13. The van der Waals surface area contributed by atoms with Gasteiger partial charge >= 0.3 is 12.2 Å². The van der Waals surface area contributed by atoms with Crippen LogP contribution in [0.1, 0.15) is 16.3 Å². The number of urea groups is 1. The van der Waals surface area contributed by atoms with Gasteiger partial charge < -0.3 is 35.6 Å². The van der Waals surface area contributed by atoms with Crippen molar-refractivity contribution in [3.05, 3.63) is 48.2 Å². The van der Waals surface area contributed by atoms with Crippen LogP contribution >= 0.6 is 0 Å². The highest BCUT2D eigenvalue weighted by atomic mass is 32.2. The maximum Gasteiger partial charge on any atom is 0.435 e. The van der Waals surface area contributed by atoms with E-state index in [0.29, 0.717) is 17.8 Å². The van der Waals surface area contributed by atoms with E-state index in [-0.39, 0.29) is 54.8 Å². The van der Waals surface area contributed by atoms with Crippen molar-refractivity contribution in [2.45, 2.75) is 36.2 Å². The van der Waals surface area contributed by atoms with Crippen LogP contribution in [-0.2, 0) is 34.6 Å². The first-order valence-corrected chi connectivity index (χ1v) is 15.9. The van der Waals surface area contributed by atoms with Crippen molar-refractivity contribution < 1.29 is 55.0 Å². The first-order valence-electron chi connectivity index (χ1n) is 14.4. The summed E-state index contributed by atoms with van der Waals surface area (Å²) >= 11 is 0. The van der Waals surface area contributed by atoms with Crippen LogP contribution in [0.15, 0.2) is 41.6 Å². The number of anilines is 1. The number of halogens is 5. The zero-order valence-corrected chi connectivity index (χ0v) is 26.5. The maximum absolute atomic E-state index is 13.6. The lowest BCUT2D eigenvalue weighted by molar-refractivity contribution is -0.141. The lowest BCUT2D eigenvalue weighted by Gasteiger charge is -2.34. The summed E-state index contributed by atoms with van der Waals surface area (Å²) in [6, 6.07) is 4.38. The van der Waals surface area contributed by atoms with Gasteiger partial charge in [0.1, 0.15) is 6.54 Å². The summed E-state index contributed by atoms with van der Waals surface area (Å²) in [6.07, 6.45) is -6.81. The van der Waals surface area contributed by atoms with E-state index in [1.54, 1.807) is 0 Å². The van der Waals surface area contributed by atoms with Gasteiger partial charge in [-0.1, -0.05) is 0 Å². The number of amides is 3. The highest BCUT2D eigenvalue weighted by Crippen LogP contribution is 2.36. The normalized spacial score (nSPS) is 18.6. The van der Waals surface area contributed by atoms with Gasteiger partial charge in [-0.15, -0.1) is 0 Å². The fraction of sp³-hybridized carbons (Fsp3) is 0.444. The molecule has 0 bridgehead atoms. The Morgan fingerprint density at radius 2 is 1.76 bits per heavy atom. The number of imidazole rings is 1. The van der Waals surface area contributed by atoms with Crippen molar-refractivity contribution in [3.63, 3.8) is 0 Å². The number of nitrogens with zero attached hydrogens (tertiary/aromatic N) is 6. The third-order valence-corrected chi connectivity index (χ3v) is 9.50. The van der Waals surface area contributed by atoms with E-state index >= 15 is 0 Å². The van der Waals surface area contributed by atoms with Gasteiger partial charge in [0.25, 0.3) is 18.8 Å². The second-order valence-corrected chi connectivity index (χ2v) is 12.7. The number of alkyl halides is 5. The first kappa shape index (κ1) is 37.2. The second kappa shape index (κ2) is 15.3. The highest BCUT2D eigenvalue weighted by Gasteiger charge is 2.39. The molecule has 16 nitrogen and oxygen atoms in total. The van der Waals surface area contributed by atoms with Gasteiger partial charge in [-0.25, -0.2) is 27.0 Å². The van der Waals surface area contributed by atoms with E-state index < -0.39 is 64.5 Å². The van der Waals surface area contributed by atoms with Gasteiger partial charge in [-0.2, -0.15) is 22.6 Å². The molecule has 2 aliphatic rings. The van der Waals surface area contributed by atoms with Crippen LogP contribution in [0.5, 0.6) is 0 Å². The fourth-order valence-electron chi connectivity index (χ4n) is 5.16. The van der Waals surface area contributed by atoms with Crippen LogP contribution < -0.4 is 16.0 Å². The molecule has 0 radical (unpaired) electrons. The van der Waals surface area contributed by atoms with Crippen LogP contribution in [0.3, 0.4) is 0 Å². The SMILES string of the molecule is Cn1c(-c2cn(CC(F)F)nc2C(F)(F)F)cnc1C(=O)Nc1ccc(S(=O)(=O)N2CCN(C(=O)N[C@@H]3CNC[C@H]3O)CC2)cc1.O=CO. The number of carbonyl (C=O) groups is 3. The Kier molecular flexibility index (Phi) is 11.6. The molecule has 22 heteroatoms. The number of sulfonamides is 1. The number of hydrogen-bond donors (Lipinski definition) is 5. The van der Waals surface area contributed by atoms with Crippen LogP contribution in [0, 0.1) is 0 Å². The molecule has 3 aromatic rings. The minimum Gasteiger partial charge on any atom is -0.483 e. The highest BCUT2D eigenvalue weighted by molar-refractivity contribution is 7.89. The Bertz CT molecular complexity index is 1740. The maximum atomic E-state index is 13.6. The molecular formula is C27H32F5N9O7S. The van der Waals surface area contributed by atoms with Crippen LogP contribution in [0.2, 0.25) is 0 Å². The number of aromatic nitrogens is 4. The molecule has 2 aliphatic heterocycles. The number of benzene rings is 1. The molecule has 2 saturated heterocycles. The molecule has 3 amide bonds. The summed E-state index contributed by atoms with van der Waals surface area (Å²) < 4.78 is 95.5. The molecule has 0 saturated carbocycles. The van der Waals surface area contributed by atoms with Gasteiger partial charge in [0, 0.05) is 58.2 Å². The standard InChI is InChI=1S/C26H30F5N9O5S.CH2O2/c1-37-19(17-13-39(14-21(27)28)36-22(17)26(29,30)31)11-33-23(37)24(42)34-15-2-4-16(5-3-15)46(44,45)40-8-6-38(7-9-40)25(43)35-18-10-32-12-20(18)41;2-1-3/h2-5,11,13,18,20-21,32,41H,6-10,12,14H2,1H3,(H,34,42)(H,35,43);1H,(H,2,3)/t18-,20-;/m1./s1. The molecule has 1 aromatic carbocycles. The molecule has 2 aromatic heterocycles. The Labute approximate surface area is 275 Å². The van der Waals surface area contributed by atoms with Gasteiger partial charge in [0.2, 0.25) is 10.0 Å². The average molecular weight is 722 g/mol. The van der Waals surface area contributed by atoms with Crippen LogP contribution in [0.25, 0.3) is 11.3 Å². The zero-order chi connectivity index (χ0) is 36.1. The Balaban J connectivity index is 0.00000174. The fourth-order valence-corrected chi connectivity index (χ4v) is 6.59. The predicted octanol–water partition coefficient (Wildman–Crippen LogP) is 0.869. The molecule has 0 spiro atoms. The summed E-state index contributed by atoms with van der Waals surface area (Å²) in [5, 5.41) is 28.2. The summed E-state index contributed by atoms with van der Waals surface area (Å²) in [5.41, 5.74) is -1.97. The third-order valence-electron chi connectivity index (χ3n) is 7.59. The molecule has 4 heterocycles. The monoisotopic (exact) mass is 721 g/mol. The van der Waals surface area contributed by atoms with Crippen molar-refractivity contribution in [2.24, 2.45) is 7.05 Å². The number of piperazine rings is 1. The van der Waals surface area contributed by atoms with E-state index in [1.807, 2.05) is 0 Å². The number of nitrogens with one attached hydrogen (secondary N) is 3. The molecule has 2 fully saturated rings. The number of rotatable bonds is 8. The van der Waals surface area contributed by atoms with Crippen molar-refractivity contribution in [1.82, 2.24) is 39.2 Å². The van der Waals surface area contributed by atoms with Crippen LogP contribution in [-0.4, -0.2) is 123 Å². The number of aliphatic hydroxyl groups is 1. The lowest BCUT2D eigenvalue weighted by Crippen LogP contribution is -2.55. The van der Waals surface area contributed by atoms with Gasteiger partial charge in [-0.3, -0.25) is 14.3 Å². The van der Waals surface area contributed by atoms with Crippen molar-refractivity contribution in [1.29, 1.82) is 0 Å². The minimum absolute atomic E-state index is 0.0400. The summed E-state index contributed by atoms with van der Waals surface area (Å²) in [7, 11) is -2.67. The average Bonchev–Trinajstić information content (AvgIpc) is 3.75. The molecule has 2 atom stereocenters. The third kappa shape index (κ3) is 8.68. The molecule has 0 aliphatic carbocycles. The second-order valence-electron chi connectivity index (χ2n) is 10.8. The molecular weight excluding hydrogens is 689 g/mol. The van der Waals surface area contributed by atoms with Crippen molar-refractivity contribution >= 4 is 34.1 Å². The van der Waals surface area contributed by atoms with E-state index in [0.717, 1.165) is 17.0 Å². The number of carboxylic acid groups (broad SMARTS) is 1. The van der Waals surface area contributed by atoms with E-state index in [9.17, 15) is 45.1 Å². The summed E-state index contributed by atoms with van der Waals surface area (Å²) in [6.45, 7) is -0.150. The molecule has 0 unspecified atom stereocenters. The quantitative estimate of drug-likeness (QED) is 0.164. The molecule has 5 N–H and O–H groups in total. The van der Waals surface area contributed by atoms with Gasteiger partial charge in [0.05, 0.1) is 34.5 Å². The molecule has 49 heavy (non-hydrogen) atoms.